The molecule has 1 saturated heterocycles. The first-order chi connectivity index (χ1) is 9.14. The highest BCUT2D eigenvalue weighted by Gasteiger charge is 2.39. The molecule has 1 aliphatic rings. The molecule has 112 valence electrons. The molecule has 1 heterocycles. The van der Waals surface area contributed by atoms with Crippen LogP contribution >= 0.6 is 23.2 Å². The van der Waals surface area contributed by atoms with Gasteiger partial charge in [-0.1, -0.05) is 37.0 Å². The molecule has 1 aromatic rings. The molecule has 1 fully saturated rings. The summed E-state index contributed by atoms with van der Waals surface area (Å²) in [5.74, 6) is 0. The maximum absolute atomic E-state index is 12.7. The highest BCUT2D eigenvalue weighted by atomic mass is 35.5. The maximum atomic E-state index is 12.7. The van der Waals surface area contributed by atoms with Crippen molar-refractivity contribution in [3.8, 4) is 0 Å². The minimum atomic E-state index is -3.62. The predicted octanol–water partition coefficient (Wildman–Crippen LogP) is 2.74. The monoisotopic (exact) mass is 336 g/mol. The first kappa shape index (κ1) is 16.0. The fourth-order valence-electron chi connectivity index (χ4n) is 2.35. The van der Waals surface area contributed by atoms with Crippen LogP contribution in [0.4, 0.5) is 0 Å². The van der Waals surface area contributed by atoms with Gasteiger partial charge in [-0.05, 0) is 30.0 Å². The van der Waals surface area contributed by atoms with E-state index in [2.05, 4.69) is 0 Å². The Kier molecular flexibility index (Phi) is 4.38. The number of benzene rings is 1. The molecular weight excluding hydrogens is 319 g/mol. The third-order valence-electron chi connectivity index (χ3n) is 3.79. The molecular formula is C13H18Cl2N2O2S. The Labute approximate surface area is 129 Å². The van der Waals surface area contributed by atoms with Gasteiger partial charge in [-0.3, -0.25) is 0 Å². The predicted molar refractivity (Wildman–Crippen MR) is 81.6 cm³/mol. The van der Waals surface area contributed by atoms with Crippen molar-refractivity contribution in [1.82, 2.24) is 4.31 Å². The van der Waals surface area contributed by atoms with Crippen LogP contribution in [-0.4, -0.2) is 31.9 Å². The Bertz CT molecular complexity index is 617. The van der Waals surface area contributed by atoms with Crippen LogP contribution in [0.3, 0.4) is 0 Å². The lowest BCUT2D eigenvalue weighted by atomic mass is 9.81. The van der Waals surface area contributed by atoms with Crippen molar-refractivity contribution in [2.75, 3.05) is 13.1 Å². The average molecular weight is 337 g/mol. The van der Waals surface area contributed by atoms with Gasteiger partial charge >= 0.3 is 0 Å². The summed E-state index contributed by atoms with van der Waals surface area (Å²) in [5.41, 5.74) is 5.78. The molecule has 4 nitrogen and oxygen atoms in total. The van der Waals surface area contributed by atoms with Gasteiger partial charge in [-0.15, -0.1) is 0 Å². The van der Waals surface area contributed by atoms with Crippen LogP contribution in [0.15, 0.2) is 23.1 Å². The quantitative estimate of drug-likeness (QED) is 0.903. The van der Waals surface area contributed by atoms with Crippen molar-refractivity contribution < 1.29 is 8.42 Å². The molecule has 2 N–H and O–H groups in total. The molecule has 0 amide bonds. The number of hydrogen-bond donors (Lipinski definition) is 1. The number of rotatable bonds is 2. The average Bonchev–Trinajstić information content (AvgIpc) is 2.31. The van der Waals surface area contributed by atoms with E-state index in [-0.39, 0.29) is 21.4 Å². The second-order valence-corrected chi connectivity index (χ2v) is 8.55. The van der Waals surface area contributed by atoms with Gasteiger partial charge in [-0.25, -0.2) is 8.42 Å². The minimum absolute atomic E-state index is 0.00496. The summed E-state index contributed by atoms with van der Waals surface area (Å²) in [6.45, 7) is 4.74. The Balaban J connectivity index is 2.36. The van der Waals surface area contributed by atoms with Crippen molar-refractivity contribution in [1.29, 1.82) is 0 Å². The lowest BCUT2D eigenvalue weighted by Gasteiger charge is -2.41. The lowest BCUT2D eigenvalue weighted by molar-refractivity contribution is 0.155. The molecule has 2 rings (SSSR count). The largest absolute Gasteiger partial charge is 0.327 e. The van der Waals surface area contributed by atoms with Crippen LogP contribution in [-0.2, 0) is 10.0 Å². The highest BCUT2D eigenvalue weighted by Crippen LogP contribution is 2.33. The molecule has 1 aliphatic heterocycles. The fraction of sp³-hybridized carbons (Fsp3) is 0.538. The van der Waals surface area contributed by atoms with Gasteiger partial charge in [0, 0.05) is 24.2 Å². The van der Waals surface area contributed by atoms with Crippen LogP contribution in [0.1, 0.15) is 20.3 Å². The number of nitrogens with two attached hydrogens (primary N) is 1. The summed E-state index contributed by atoms with van der Waals surface area (Å²) >= 11 is 11.8. The number of halogens is 2. The van der Waals surface area contributed by atoms with E-state index in [1.165, 1.54) is 22.5 Å². The standard InChI is InChI=1S/C13H18Cl2N2O2S/c1-13(2)8-17(6-5-12(13)16)20(18,19)11-4-3-9(14)7-10(11)15/h3-4,7,12H,5-6,8,16H2,1-2H3. The van der Waals surface area contributed by atoms with E-state index in [4.69, 9.17) is 28.9 Å². The maximum Gasteiger partial charge on any atom is 0.244 e. The normalized spacial score (nSPS) is 23.8. The van der Waals surface area contributed by atoms with Crippen molar-refractivity contribution in [3.05, 3.63) is 28.2 Å². The first-order valence-electron chi connectivity index (χ1n) is 6.35. The highest BCUT2D eigenvalue weighted by molar-refractivity contribution is 7.89. The summed E-state index contributed by atoms with van der Waals surface area (Å²) in [6, 6.07) is 4.41. The molecule has 0 spiro atoms. The molecule has 1 aromatic carbocycles. The molecule has 20 heavy (non-hydrogen) atoms. The van der Waals surface area contributed by atoms with Crippen LogP contribution in [0.5, 0.6) is 0 Å². The Hall–Kier alpha value is -0.330. The van der Waals surface area contributed by atoms with Crippen LogP contribution < -0.4 is 5.73 Å². The van der Waals surface area contributed by atoms with E-state index in [1.807, 2.05) is 13.8 Å². The van der Waals surface area contributed by atoms with E-state index in [0.29, 0.717) is 24.5 Å². The number of nitrogens with zero attached hydrogens (tertiary/aromatic N) is 1. The summed E-state index contributed by atoms with van der Waals surface area (Å²) in [7, 11) is -3.62. The van der Waals surface area contributed by atoms with E-state index in [1.54, 1.807) is 0 Å². The van der Waals surface area contributed by atoms with Gasteiger partial charge in [0.05, 0.1) is 5.02 Å². The van der Waals surface area contributed by atoms with Crippen molar-refractivity contribution in [2.24, 2.45) is 11.1 Å². The fourth-order valence-corrected chi connectivity index (χ4v) is 4.73. The van der Waals surface area contributed by atoms with E-state index in [0.717, 1.165) is 0 Å². The zero-order valence-corrected chi connectivity index (χ0v) is 13.8. The molecule has 0 bridgehead atoms. The van der Waals surface area contributed by atoms with E-state index >= 15 is 0 Å². The molecule has 0 saturated carbocycles. The summed E-state index contributed by atoms with van der Waals surface area (Å²) in [5, 5.41) is 0.556. The van der Waals surface area contributed by atoms with Crippen LogP contribution in [0, 0.1) is 5.41 Å². The molecule has 0 aliphatic carbocycles. The number of piperidine rings is 1. The third kappa shape index (κ3) is 2.97. The number of sulfonamides is 1. The lowest BCUT2D eigenvalue weighted by Crippen LogP contribution is -2.53. The second kappa shape index (κ2) is 5.46. The van der Waals surface area contributed by atoms with Crippen LogP contribution in [0.2, 0.25) is 10.0 Å². The summed E-state index contributed by atoms with van der Waals surface area (Å²) in [4.78, 5) is 0.0924. The topological polar surface area (TPSA) is 63.4 Å². The van der Waals surface area contributed by atoms with Gasteiger partial charge in [-0.2, -0.15) is 4.31 Å². The van der Waals surface area contributed by atoms with Crippen LogP contribution in [0.25, 0.3) is 0 Å². The zero-order chi connectivity index (χ0) is 15.1. The Morgan fingerprint density at radius 2 is 2.00 bits per heavy atom. The van der Waals surface area contributed by atoms with Crippen molar-refractivity contribution in [3.63, 3.8) is 0 Å². The van der Waals surface area contributed by atoms with Gasteiger partial charge in [0.2, 0.25) is 10.0 Å². The van der Waals surface area contributed by atoms with Gasteiger partial charge in [0.25, 0.3) is 0 Å². The van der Waals surface area contributed by atoms with Crippen molar-refractivity contribution in [2.45, 2.75) is 31.2 Å². The molecule has 7 heteroatoms. The molecule has 0 radical (unpaired) electrons. The third-order valence-corrected chi connectivity index (χ3v) is 6.35. The minimum Gasteiger partial charge on any atom is -0.327 e. The second-order valence-electron chi connectivity index (χ2n) is 5.80. The summed E-state index contributed by atoms with van der Waals surface area (Å²) in [6.07, 6.45) is 0.636. The SMILES string of the molecule is CC1(C)CN(S(=O)(=O)c2ccc(Cl)cc2Cl)CCC1N. The van der Waals surface area contributed by atoms with E-state index < -0.39 is 10.0 Å². The smallest absolute Gasteiger partial charge is 0.244 e. The van der Waals surface area contributed by atoms with Gasteiger partial charge in [0.1, 0.15) is 4.90 Å². The Morgan fingerprint density at radius 1 is 1.35 bits per heavy atom. The first-order valence-corrected chi connectivity index (χ1v) is 8.55. The molecule has 0 aromatic heterocycles. The molecule has 1 unspecified atom stereocenters. The summed E-state index contributed by atoms with van der Waals surface area (Å²) < 4.78 is 26.8. The molecule has 1 atom stereocenters. The van der Waals surface area contributed by atoms with Crippen molar-refractivity contribution >= 4 is 33.2 Å². The zero-order valence-electron chi connectivity index (χ0n) is 11.4. The van der Waals surface area contributed by atoms with Gasteiger partial charge in [0.15, 0.2) is 0 Å². The van der Waals surface area contributed by atoms with E-state index in [9.17, 15) is 8.42 Å². The van der Waals surface area contributed by atoms with Gasteiger partial charge < -0.3 is 5.73 Å². The number of hydrogen-bond acceptors (Lipinski definition) is 3. The Morgan fingerprint density at radius 3 is 2.55 bits per heavy atom.